The smallest absolute Gasteiger partial charge is 0.407 e. The summed E-state index contributed by atoms with van der Waals surface area (Å²) < 4.78 is 5.20. The van der Waals surface area contributed by atoms with Gasteiger partial charge in [-0.25, -0.2) is 9.86 Å². The molecule has 0 fully saturated rings. The lowest BCUT2D eigenvalue weighted by atomic mass is 10.1. The van der Waals surface area contributed by atoms with E-state index in [9.17, 15) is 14.4 Å². The molecule has 0 aliphatic heterocycles. The SMILES string of the molecule is CC(C)(C)OC(=O)NCc1cccc(C(=O)N(CCC(=O)O)OCc2ccccc2)c1. The van der Waals surface area contributed by atoms with Crippen LogP contribution in [-0.4, -0.2) is 40.3 Å². The number of hydroxylamine groups is 2. The molecule has 0 heterocycles. The minimum Gasteiger partial charge on any atom is -0.481 e. The Labute approximate surface area is 181 Å². The summed E-state index contributed by atoms with van der Waals surface area (Å²) >= 11 is 0. The fraction of sp³-hybridized carbons (Fsp3) is 0.348. The van der Waals surface area contributed by atoms with Crippen LogP contribution >= 0.6 is 0 Å². The highest BCUT2D eigenvalue weighted by atomic mass is 16.7. The maximum absolute atomic E-state index is 13.0. The van der Waals surface area contributed by atoms with Crippen LogP contribution in [0.1, 0.15) is 48.7 Å². The molecule has 0 aliphatic carbocycles. The molecule has 2 N–H and O–H groups in total. The van der Waals surface area contributed by atoms with Crippen molar-refractivity contribution in [1.29, 1.82) is 0 Å². The monoisotopic (exact) mass is 428 g/mol. The number of nitrogens with zero attached hydrogens (tertiary/aromatic N) is 1. The van der Waals surface area contributed by atoms with E-state index in [4.69, 9.17) is 14.7 Å². The summed E-state index contributed by atoms with van der Waals surface area (Å²) in [6.45, 7) is 5.52. The molecule has 8 heteroatoms. The molecule has 0 saturated carbocycles. The number of nitrogens with one attached hydrogen (secondary N) is 1. The zero-order valence-electron chi connectivity index (χ0n) is 18.0. The Kier molecular flexibility index (Phi) is 8.57. The normalized spacial score (nSPS) is 10.9. The molecule has 166 valence electrons. The van der Waals surface area contributed by atoms with E-state index < -0.39 is 23.6 Å². The Morgan fingerprint density at radius 1 is 1.00 bits per heavy atom. The second-order valence-corrected chi connectivity index (χ2v) is 7.87. The standard InChI is InChI=1S/C23H28N2O6/c1-23(2,3)31-22(29)24-15-18-10-7-11-19(14-18)21(28)25(13-12-20(26)27)30-16-17-8-5-4-6-9-17/h4-11,14H,12-13,15-16H2,1-3H3,(H,24,29)(H,26,27). The number of carboxylic acids is 1. The lowest BCUT2D eigenvalue weighted by Gasteiger charge is -2.22. The number of hydrogen-bond acceptors (Lipinski definition) is 5. The van der Waals surface area contributed by atoms with Crippen molar-refractivity contribution >= 4 is 18.0 Å². The van der Waals surface area contributed by atoms with Crippen molar-refractivity contribution in [3.63, 3.8) is 0 Å². The van der Waals surface area contributed by atoms with E-state index in [0.29, 0.717) is 11.1 Å². The van der Waals surface area contributed by atoms with Gasteiger partial charge >= 0.3 is 12.1 Å². The predicted octanol–water partition coefficient (Wildman–Crippen LogP) is 3.76. The van der Waals surface area contributed by atoms with Crippen molar-refractivity contribution in [3.8, 4) is 0 Å². The number of ether oxygens (including phenoxy) is 1. The minimum atomic E-state index is -1.03. The number of aliphatic carboxylic acids is 1. The minimum absolute atomic E-state index is 0.0958. The van der Waals surface area contributed by atoms with E-state index >= 15 is 0 Å². The first-order valence-electron chi connectivity index (χ1n) is 9.90. The summed E-state index contributed by atoms with van der Waals surface area (Å²) in [5, 5.41) is 12.7. The first-order valence-corrected chi connectivity index (χ1v) is 9.90. The van der Waals surface area contributed by atoms with E-state index in [1.54, 1.807) is 45.0 Å². The van der Waals surface area contributed by atoms with Crippen molar-refractivity contribution in [2.24, 2.45) is 0 Å². The Balaban J connectivity index is 2.05. The van der Waals surface area contributed by atoms with Crippen molar-refractivity contribution in [1.82, 2.24) is 10.4 Å². The van der Waals surface area contributed by atoms with E-state index in [-0.39, 0.29) is 26.1 Å². The molecule has 0 spiro atoms. The topological polar surface area (TPSA) is 105 Å². The molecule has 0 aromatic heterocycles. The van der Waals surface area contributed by atoms with Crippen molar-refractivity contribution < 1.29 is 29.1 Å². The molecular weight excluding hydrogens is 400 g/mol. The van der Waals surface area contributed by atoms with Crippen molar-refractivity contribution in [3.05, 3.63) is 71.3 Å². The van der Waals surface area contributed by atoms with Gasteiger partial charge in [0.15, 0.2) is 0 Å². The molecular formula is C23H28N2O6. The average molecular weight is 428 g/mol. The number of amides is 2. The summed E-state index contributed by atoms with van der Waals surface area (Å²) in [4.78, 5) is 41.4. The molecule has 2 aromatic rings. The zero-order valence-corrected chi connectivity index (χ0v) is 18.0. The number of benzene rings is 2. The summed E-state index contributed by atoms with van der Waals surface area (Å²) in [5.41, 5.74) is 1.26. The highest BCUT2D eigenvalue weighted by Gasteiger charge is 2.19. The van der Waals surface area contributed by atoms with Gasteiger partial charge in [0.1, 0.15) is 12.2 Å². The maximum atomic E-state index is 13.0. The Morgan fingerprint density at radius 2 is 1.68 bits per heavy atom. The lowest BCUT2D eigenvalue weighted by molar-refractivity contribution is -0.149. The first-order chi connectivity index (χ1) is 14.6. The Bertz CT molecular complexity index is 892. The van der Waals surface area contributed by atoms with Crippen LogP contribution in [0.15, 0.2) is 54.6 Å². The number of alkyl carbamates (subject to hydrolysis) is 1. The van der Waals surface area contributed by atoms with Gasteiger partial charge in [-0.15, -0.1) is 0 Å². The van der Waals surface area contributed by atoms with Gasteiger partial charge < -0.3 is 15.2 Å². The van der Waals surface area contributed by atoms with Gasteiger partial charge in [-0.2, -0.15) is 0 Å². The van der Waals surface area contributed by atoms with Crippen molar-refractivity contribution in [2.45, 2.75) is 45.9 Å². The molecule has 0 aliphatic rings. The van der Waals surface area contributed by atoms with Gasteiger partial charge in [0.05, 0.1) is 13.0 Å². The first kappa shape index (κ1) is 23.9. The van der Waals surface area contributed by atoms with Crippen LogP contribution < -0.4 is 5.32 Å². The van der Waals surface area contributed by atoms with E-state index in [2.05, 4.69) is 5.32 Å². The summed E-state index contributed by atoms with van der Waals surface area (Å²) in [6.07, 6.45) is -0.807. The van der Waals surface area contributed by atoms with Gasteiger partial charge in [0.2, 0.25) is 0 Å². The molecule has 8 nitrogen and oxygen atoms in total. The molecule has 31 heavy (non-hydrogen) atoms. The predicted molar refractivity (Wildman–Crippen MR) is 114 cm³/mol. The second-order valence-electron chi connectivity index (χ2n) is 7.87. The van der Waals surface area contributed by atoms with Gasteiger partial charge in [-0.1, -0.05) is 42.5 Å². The third-order valence-corrected chi connectivity index (χ3v) is 3.99. The fourth-order valence-corrected chi connectivity index (χ4v) is 2.60. The van der Waals surface area contributed by atoms with Crippen LogP contribution in [0.25, 0.3) is 0 Å². The molecule has 0 radical (unpaired) electrons. The third kappa shape index (κ3) is 8.88. The van der Waals surface area contributed by atoms with E-state index in [1.807, 2.05) is 30.3 Å². The van der Waals surface area contributed by atoms with Crippen LogP contribution in [0.3, 0.4) is 0 Å². The third-order valence-electron chi connectivity index (χ3n) is 3.99. The largest absolute Gasteiger partial charge is 0.481 e. The molecule has 2 amide bonds. The van der Waals surface area contributed by atoms with E-state index in [1.165, 1.54) is 0 Å². The number of carbonyl (C=O) groups excluding carboxylic acids is 2. The van der Waals surface area contributed by atoms with Crippen molar-refractivity contribution in [2.75, 3.05) is 6.54 Å². The lowest BCUT2D eigenvalue weighted by Crippen LogP contribution is -2.33. The highest BCUT2D eigenvalue weighted by Crippen LogP contribution is 2.13. The molecule has 2 rings (SSSR count). The molecule has 0 unspecified atom stereocenters. The summed E-state index contributed by atoms with van der Waals surface area (Å²) in [5.74, 6) is -1.49. The molecule has 2 aromatic carbocycles. The average Bonchev–Trinajstić information content (AvgIpc) is 2.71. The fourth-order valence-electron chi connectivity index (χ4n) is 2.60. The van der Waals surface area contributed by atoms with Crippen LogP contribution in [0, 0.1) is 0 Å². The molecule has 0 bridgehead atoms. The van der Waals surface area contributed by atoms with Gasteiger partial charge in [0.25, 0.3) is 5.91 Å². The molecule has 0 saturated heterocycles. The zero-order chi connectivity index (χ0) is 22.9. The van der Waals surface area contributed by atoms with Crippen LogP contribution in [-0.2, 0) is 27.5 Å². The van der Waals surface area contributed by atoms with E-state index in [0.717, 1.165) is 10.6 Å². The second kappa shape index (κ2) is 11.1. The summed E-state index contributed by atoms with van der Waals surface area (Å²) in [6, 6.07) is 16.0. The highest BCUT2D eigenvalue weighted by molar-refractivity contribution is 5.93. The van der Waals surface area contributed by atoms with Gasteiger partial charge in [0, 0.05) is 12.1 Å². The van der Waals surface area contributed by atoms with Crippen LogP contribution in [0.2, 0.25) is 0 Å². The number of rotatable bonds is 9. The quantitative estimate of drug-likeness (QED) is 0.589. The molecule has 0 atom stereocenters. The number of carboxylic acid groups (broad SMARTS) is 1. The summed E-state index contributed by atoms with van der Waals surface area (Å²) in [7, 11) is 0. The Morgan fingerprint density at radius 3 is 2.32 bits per heavy atom. The van der Waals surface area contributed by atoms with Gasteiger partial charge in [-0.3, -0.25) is 14.4 Å². The Hall–Kier alpha value is -3.39. The van der Waals surface area contributed by atoms with Crippen LogP contribution in [0.5, 0.6) is 0 Å². The number of hydrogen-bond donors (Lipinski definition) is 2. The van der Waals surface area contributed by atoms with Gasteiger partial charge in [-0.05, 0) is 44.0 Å². The maximum Gasteiger partial charge on any atom is 0.407 e. The number of carbonyl (C=O) groups is 3. The van der Waals surface area contributed by atoms with Crippen LogP contribution in [0.4, 0.5) is 4.79 Å².